The summed E-state index contributed by atoms with van der Waals surface area (Å²) in [6.07, 6.45) is 0. The first-order valence-electron chi connectivity index (χ1n) is 6.22. The first kappa shape index (κ1) is 15.2. The molecule has 0 aliphatic heterocycles. The molecule has 0 saturated heterocycles. The van der Waals surface area contributed by atoms with E-state index in [1.165, 1.54) is 19.2 Å². The van der Waals surface area contributed by atoms with Gasteiger partial charge in [-0.05, 0) is 29.8 Å². The van der Waals surface area contributed by atoms with E-state index >= 15 is 0 Å². The number of benzene rings is 1. The van der Waals surface area contributed by atoms with Crippen LogP contribution < -0.4 is 10.2 Å². The van der Waals surface area contributed by atoms with Crippen molar-refractivity contribution < 1.29 is 9.18 Å². The minimum atomic E-state index is -0.455. The van der Waals surface area contributed by atoms with Crippen LogP contribution in [0.1, 0.15) is 16.1 Å². The molecule has 1 amide bonds. The second-order valence-corrected chi connectivity index (χ2v) is 4.87. The summed E-state index contributed by atoms with van der Waals surface area (Å²) in [7, 11) is 3.33. The maximum absolute atomic E-state index is 13.4. The molecule has 0 fully saturated rings. The number of halogens is 2. The average molecular weight is 309 g/mol. The third-order valence-electron chi connectivity index (χ3n) is 2.91. The number of carbonyl (C=O) groups excluding carboxylic acids is 1. The van der Waals surface area contributed by atoms with E-state index in [0.29, 0.717) is 12.4 Å². The molecule has 7 heteroatoms. The predicted octanol–water partition coefficient (Wildman–Crippen LogP) is 2.27. The highest BCUT2D eigenvalue weighted by Crippen LogP contribution is 2.18. The van der Waals surface area contributed by atoms with Gasteiger partial charge in [-0.2, -0.15) is 0 Å². The molecule has 0 atom stereocenters. The lowest BCUT2D eigenvalue weighted by atomic mass is 10.2. The lowest BCUT2D eigenvalue weighted by Gasteiger charge is -2.17. The summed E-state index contributed by atoms with van der Waals surface area (Å²) in [5.74, 6) is -0.168. The molecule has 0 unspecified atom stereocenters. The number of hydrogen-bond acceptors (Lipinski definition) is 4. The van der Waals surface area contributed by atoms with E-state index in [2.05, 4.69) is 15.5 Å². The number of hydrogen-bond donors (Lipinski definition) is 1. The van der Waals surface area contributed by atoms with E-state index in [0.717, 1.165) is 5.56 Å². The number of aromatic nitrogens is 2. The van der Waals surface area contributed by atoms with Crippen LogP contribution in [-0.2, 0) is 6.54 Å². The molecule has 0 spiro atoms. The summed E-state index contributed by atoms with van der Waals surface area (Å²) in [6, 6.07) is 7.91. The first-order valence-corrected chi connectivity index (χ1v) is 6.60. The minimum absolute atomic E-state index is 0.0936. The maximum Gasteiger partial charge on any atom is 0.271 e. The van der Waals surface area contributed by atoms with E-state index in [-0.39, 0.29) is 16.6 Å². The fraction of sp³-hybridized carbons (Fsp3) is 0.214. The molecule has 2 rings (SSSR count). The van der Waals surface area contributed by atoms with Gasteiger partial charge in [-0.3, -0.25) is 4.79 Å². The third-order valence-corrected chi connectivity index (χ3v) is 3.21. The van der Waals surface area contributed by atoms with Crippen molar-refractivity contribution in [3.05, 3.63) is 52.4 Å². The normalized spacial score (nSPS) is 10.3. The summed E-state index contributed by atoms with van der Waals surface area (Å²) in [5, 5.41) is 10.4. The molecule has 1 N–H and O–H groups in total. The summed E-state index contributed by atoms with van der Waals surface area (Å²) in [5.41, 5.74) is 1.00. The fourth-order valence-corrected chi connectivity index (χ4v) is 1.89. The van der Waals surface area contributed by atoms with Gasteiger partial charge < -0.3 is 10.2 Å². The van der Waals surface area contributed by atoms with Crippen LogP contribution in [-0.4, -0.2) is 30.2 Å². The van der Waals surface area contributed by atoms with Gasteiger partial charge in [0, 0.05) is 20.6 Å². The first-order chi connectivity index (χ1) is 10.0. The number of amides is 1. The summed E-state index contributed by atoms with van der Waals surface area (Å²) in [6.45, 7) is 0.447. The Kier molecular flexibility index (Phi) is 4.70. The van der Waals surface area contributed by atoms with Gasteiger partial charge >= 0.3 is 0 Å². The van der Waals surface area contributed by atoms with Crippen molar-refractivity contribution in [1.82, 2.24) is 15.5 Å². The highest BCUT2D eigenvalue weighted by molar-refractivity contribution is 6.30. The van der Waals surface area contributed by atoms with Gasteiger partial charge in [-0.1, -0.05) is 17.7 Å². The Hall–Kier alpha value is -2.21. The number of rotatable bonds is 4. The zero-order chi connectivity index (χ0) is 15.4. The topological polar surface area (TPSA) is 58.1 Å². The standard InChI is InChI=1S/C14H14ClFN4O/c1-17-14(21)12-5-6-13(19-18-12)20(2)8-9-3-4-10(15)11(16)7-9/h3-7H,8H2,1-2H3,(H,17,21). The average Bonchev–Trinajstić information content (AvgIpc) is 2.50. The molecule has 0 radical (unpaired) electrons. The van der Waals surface area contributed by atoms with Crippen molar-refractivity contribution in [2.75, 3.05) is 19.0 Å². The molecule has 1 aromatic carbocycles. The van der Waals surface area contributed by atoms with E-state index in [9.17, 15) is 9.18 Å². The molecule has 0 aliphatic carbocycles. The summed E-state index contributed by atoms with van der Waals surface area (Å²) >= 11 is 5.65. The van der Waals surface area contributed by atoms with Gasteiger partial charge in [0.15, 0.2) is 11.5 Å². The zero-order valence-corrected chi connectivity index (χ0v) is 12.4. The van der Waals surface area contributed by atoms with Crippen molar-refractivity contribution in [2.24, 2.45) is 0 Å². The molecule has 5 nitrogen and oxygen atoms in total. The quantitative estimate of drug-likeness (QED) is 0.941. The molecule has 2 aromatic rings. The van der Waals surface area contributed by atoms with Crippen LogP contribution in [0.15, 0.2) is 30.3 Å². The molecule has 21 heavy (non-hydrogen) atoms. The lowest BCUT2D eigenvalue weighted by Crippen LogP contribution is -2.22. The Morgan fingerprint density at radius 2 is 2.10 bits per heavy atom. The number of anilines is 1. The summed E-state index contributed by atoms with van der Waals surface area (Å²) in [4.78, 5) is 13.2. The van der Waals surface area contributed by atoms with Gasteiger partial charge in [0.2, 0.25) is 0 Å². The van der Waals surface area contributed by atoms with Crippen molar-refractivity contribution in [1.29, 1.82) is 0 Å². The molecule has 0 saturated carbocycles. The van der Waals surface area contributed by atoms with Crippen LogP contribution in [0.5, 0.6) is 0 Å². The van der Waals surface area contributed by atoms with Gasteiger partial charge in [0.25, 0.3) is 5.91 Å². The Balaban J connectivity index is 2.10. The van der Waals surface area contributed by atoms with Gasteiger partial charge in [0.05, 0.1) is 5.02 Å². The monoisotopic (exact) mass is 308 g/mol. The highest BCUT2D eigenvalue weighted by Gasteiger charge is 2.09. The molecular weight excluding hydrogens is 295 g/mol. The molecule has 0 aliphatic rings. The van der Waals surface area contributed by atoms with Crippen molar-refractivity contribution in [3.8, 4) is 0 Å². The second kappa shape index (κ2) is 6.49. The van der Waals surface area contributed by atoms with E-state index in [1.54, 1.807) is 30.1 Å². The third kappa shape index (κ3) is 3.66. The molecule has 1 aromatic heterocycles. The van der Waals surface area contributed by atoms with E-state index in [1.807, 2.05) is 0 Å². The van der Waals surface area contributed by atoms with Gasteiger partial charge in [-0.15, -0.1) is 10.2 Å². The Bertz CT molecular complexity index is 648. The van der Waals surface area contributed by atoms with Crippen LogP contribution in [0.2, 0.25) is 5.02 Å². The number of nitrogens with one attached hydrogen (secondary N) is 1. The van der Waals surface area contributed by atoms with Crippen LogP contribution in [0.3, 0.4) is 0 Å². The van der Waals surface area contributed by atoms with Crippen molar-refractivity contribution in [3.63, 3.8) is 0 Å². The van der Waals surface area contributed by atoms with E-state index in [4.69, 9.17) is 11.6 Å². The minimum Gasteiger partial charge on any atom is -0.354 e. The van der Waals surface area contributed by atoms with Crippen LogP contribution >= 0.6 is 11.6 Å². The largest absolute Gasteiger partial charge is 0.354 e. The smallest absolute Gasteiger partial charge is 0.271 e. The molecular formula is C14H14ClFN4O. The van der Waals surface area contributed by atoms with Crippen LogP contribution in [0.25, 0.3) is 0 Å². The zero-order valence-electron chi connectivity index (χ0n) is 11.6. The lowest BCUT2D eigenvalue weighted by molar-refractivity contribution is 0.0957. The van der Waals surface area contributed by atoms with Crippen LogP contribution in [0.4, 0.5) is 10.2 Å². The fourth-order valence-electron chi connectivity index (χ4n) is 1.77. The van der Waals surface area contributed by atoms with Crippen molar-refractivity contribution >= 4 is 23.3 Å². The maximum atomic E-state index is 13.4. The number of carbonyl (C=O) groups is 1. The van der Waals surface area contributed by atoms with Crippen molar-refractivity contribution in [2.45, 2.75) is 6.54 Å². The highest BCUT2D eigenvalue weighted by atomic mass is 35.5. The van der Waals surface area contributed by atoms with Gasteiger partial charge in [-0.25, -0.2) is 4.39 Å². The predicted molar refractivity (Wildman–Crippen MR) is 78.9 cm³/mol. The Labute approximate surface area is 126 Å². The van der Waals surface area contributed by atoms with Gasteiger partial charge in [0.1, 0.15) is 5.82 Å². The second-order valence-electron chi connectivity index (χ2n) is 4.46. The SMILES string of the molecule is CNC(=O)c1ccc(N(C)Cc2ccc(Cl)c(F)c2)nn1. The molecule has 1 heterocycles. The molecule has 110 valence electrons. The summed E-state index contributed by atoms with van der Waals surface area (Å²) < 4.78 is 13.4. The Morgan fingerprint density at radius 3 is 2.67 bits per heavy atom. The van der Waals surface area contributed by atoms with Crippen LogP contribution in [0, 0.1) is 5.82 Å². The molecule has 0 bridgehead atoms. The number of nitrogens with zero attached hydrogens (tertiary/aromatic N) is 3. The van der Waals surface area contributed by atoms with E-state index < -0.39 is 5.82 Å². The Morgan fingerprint density at radius 1 is 1.33 bits per heavy atom.